The zero-order chi connectivity index (χ0) is 21.3. The summed E-state index contributed by atoms with van der Waals surface area (Å²) in [5, 5.41) is 4.64. The number of nitrogens with zero attached hydrogens (tertiary/aromatic N) is 1. The summed E-state index contributed by atoms with van der Waals surface area (Å²) in [5.74, 6) is 0.419. The molecule has 0 saturated carbocycles. The number of halogens is 3. The van der Waals surface area contributed by atoms with E-state index in [1.165, 1.54) is 23.9 Å². The number of amides is 1. The molecule has 0 saturated heterocycles. The van der Waals surface area contributed by atoms with E-state index in [-0.39, 0.29) is 17.5 Å². The van der Waals surface area contributed by atoms with Gasteiger partial charge in [-0.1, -0.05) is 23.7 Å². The third-order valence-electron chi connectivity index (χ3n) is 3.85. The van der Waals surface area contributed by atoms with Crippen LogP contribution in [-0.4, -0.2) is 17.9 Å². The van der Waals surface area contributed by atoms with Crippen LogP contribution in [-0.2, 0) is 11.4 Å². The van der Waals surface area contributed by atoms with Gasteiger partial charge in [-0.15, -0.1) is 11.8 Å². The largest absolute Gasteiger partial charge is 0.488 e. The molecule has 0 fully saturated rings. The van der Waals surface area contributed by atoms with Crippen LogP contribution >= 0.6 is 39.3 Å². The molecule has 0 aromatic heterocycles. The van der Waals surface area contributed by atoms with Crippen molar-refractivity contribution in [2.45, 2.75) is 11.5 Å². The van der Waals surface area contributed by atoms with E-state index < -0.39 is 0 Å². The molecule has 3 aromatic carbocycles. The fraction of sp³-hybridized carbons (Fsp3) is 0.0909. The van der Waals surface area contributed by atoms with E-state index in [0.717, 1.165) is 20.5 Å². The third kappa shape index (κ3) is 7.16. The molecule has 0 bridgehead atoms. The van der Waals surface area contributed by atoms with Gasteiger partial charge in [-0.2, -0.15) is 5.10 Å². The zero-order valence-electron chi connectivity index (χ0n) is 15.6. The molecule has 0 heterocycles. The van der Waals surface area contributed by atoms with Crippen molar-refractivity contribution in [3.05, 3.63) is 93.2 Å². The van der Waals surface area contributed by atoms with Crippen molar-refractivity contribution >= 4 is 51.4 Å². The van der Waals surface area contributed by atoms with Crippen molar-refractivity contribution in [2.24, 2.45) is 5.10 Å². The molecule has 0 radical (unpaired) electrons. The molecule has 1 amide bonds. The highest BCUT2D eigenvalue weighted by Gasteiger charge is 2.04. The summed E-state index contributed by atoms with van der Waals surface area (Å²) in [7, 11) is 0. The summed E-state index contributed by atoms with van der Waals surface area (Å²) in [4.78, 5) is 12.9. The van der Waals surface area contributed by atoms with Crippen LogP contribution in [0, 0.1) is 5.82 Å². The summed E-state index contributed by atoms with van der Waals surface area (Å²) in [6.07, 6.45) is 1.55. The number of rotatable bonds is 8. The smallest absolute Gasteiger partial charge is 0.250 e. The molecule has 3 rings (SSSR count). The molecule has 154 valence electrons. The Morgan fingerprint density at radius 2 is 1.87 bits per heavy atom. The van der Waals surface area contributed by atoms with Crippen molar-refractivity contribution in [1.82, 2.24) is 5.43 Å². The molecule has 0 spiro atoms. The zero-order valence-corrected chi connectivity index (χ0v) is 18.8. The lowest BCUT2D eigenvalue weighted by Crippen LogP contribution is -2.19. The van der Waals surface area contributed by atoms with Gasteiger partial charge in [0.2, 0.25) is 5.91 Å². The van der Waals surface area contributed by atoms with Gasteiger partial charge < -0.3 is 4.74 Å². The summed E-state index contributed by atoms with van der Waals surface area (Å²) in [6, 6.07) is 18.9. The Bertz CT molecular complexity index is 1030. The molecule has 0 aliphatic carbocycles. The maximum absolute atomic E-state index is 13.0. The van der Waals surface area contributed by atoms with Gasteiger partial charge in [0, 0.05) is 9.92 Å². The van der Waals surface area contributed by atoms with Gasteiger partial charge in [0.1, 0.15) is 18.2 Å². The Labute approximate surface area is 191 Å². The predicted molar refractivity (Wildman–Crippen MR) is 123 cm³/mol. The average molecular weight is 508 g/mol. The standard InChI is InChI=1S/C22H17BrClFN2O2S/c23-20-11-16(3-10-21(20)29-13-15-1-6-18(25)7-2-15)12-26-27-22(28)14-30-19-8-4-17(24)5-9-19/h1-12H,13-14H2,(H,27,28)/b26-12-. The number of ether oxygens (including phenoxy) is 1. The second kappa shape index (κ2) is 11.2. The molecular formula is C22H17BrClFN2O2S. The molecule has 0 atom stereocenters. The van der Waals surface area contributed by atoms with Crippen LogP contribution in [0.4, 0.5) is 4.39 Å². The second-order valence-electron chi connectivity index (χ2n) is 6.14. The third-order valence-corrected chi connectivity index (χ3v) is 5.73. The quantitative estimate of drug-likeness (QED) is 0.229. The molecule has 0 aliphatic heterocycles. The molecule has 1 N–H and O–H groups in total. The number of carbonyl (C=O) groups excluding carboxylic acids is 1. The topological polar surface area (TPSA) is 50.7 Å². The van der Waals surface area contributed by atoms with E-state index in [1.807, 2.05) is 24.3 Å². The molecule has 4 nitrogen and oxygen atoms in total. The molecular weight excluding hydrogens is 491 g/mol. The van der Waals surface area contributed by atoms with Gasteiger partial charge in [-0.25, -0.2) is 9.82 Å². The van der Waals surface area contributed by atoms with Gasteiger partial charge in [0.25, 0.3) is 0 Å². The number of thioether (sulfide) groups is 1. The van der Waals surface area contributed by atoms with Crippen LogP contribution in [0.3, 0.4) is 0 Å². The Balaban J connectivity index is 1.47. The number of hydrogen-bond acceptors (Lipinski definition) is 4. The highest BCUT2D eigenvalue weighted by Crippen LogP contribution is 2.26. The highest BCUT2D eigenvalue weighted by molar-refractivity contribution is 9.10. The summed E-state index contributed by atoms with van der Waals surface area (Å²) >= 11 is 10.7. The van der Waals surface area contributed by atoms with Crippen molar-refractivity contribution in [2.75, 3.05) is 5.75 Å². The maximum Gasteiger partial charge on any atom is 0.250 e. The Morgan fingerprint density at radius 1 is 1.13 bits per heavy atom. The van der Waals surface area contributed by atoms with Gasteiger partial charge in [-0.05, 0) is 81.7 Å². The van der Waals surface area contributed by atoms with Crippen molar-refractivity contribution in [3.63, 3.8) is 0 Å². The maximum atomic E-state index is 13.0. The minimum atomic E-state index is -0.278. The van der Waals surface area contributed by atoms with Gasteiger partial charge in [0.15, 0.2) is 0 Å². The van der Waals surface area contributed by atoms with Crippen molar-refractivity contribution < 1.29 is 13.9 Å². The minimum Gasteiger partial charge on any atom is -0.488 e. The van der Waals surface area contributed by atoms with Gasteiger partial charge in [-0.3, -0.25) is 4.79 Å². The monoisotopic (exact) mass is 506 g/mol. The van der Waals surface area contributed by atoms with Gasteiger partial charge in [0.05, 0.1) is 16.4 Å². The van der Waals surface area contributed by atoms with Crippen molar-refractivity contribution in [3.8, 4) is 5.75 Å². The number of hydrogen-bond donors (Lipinski definition) is 1. The molecule has 8 heteroatoms. The molecule has 0 aliphatic rings. The van der Waals surface area contributed by atoms with E-state index in [2.05, 4.69) is 26.5 Å². The van der Waals surface area contributed by atoms with E-state index in [0.29, 0.717) is 17.4 Å². The van der Waals surface area contributed by atoms with E-state index >= 15 is 0 Å². The summed E-state index contributed by atoms with van der Waals surface area (Å²) < 4.78 is 19.4. The fourth-order valence-corrected chi connectivity index (χ4v) is 3.67. The number of nitrogens with one attached hydrogen (secondary N) is 1. The molecule has 0 unspecified atom stereocenters. The number of hydrazone groups is 1. The summed E-state index contributed by atoms with van der Waals surface area (Å²) in [5.41, 5.74) is 4.17. The van der Waals surface area contributed by atoms with E-state index in [1.54, 1.807) is 36.5 Å². The lowest BCUT2D eigenvalue weighted by Gasteiger charge is -2.09. The number of benzene rings is 3. The second-order valence-corrected chi connectivity index (χ2v) is 8.48. The fourth-order valence-electron chi connectivity index (χ4n) is 2.35. The van der Waals surface area contributed by atoms with Gasteiger partial charge >= 0.3 is 0 Å². The first-order valence-electron chi connectivity index (χ1n) is 8.87. The SMILES string of the molecule is O=C(CSc1ccc(Cl)cc1)N/N=C\c1ccc(OCc2ccc(F)cc2)c(Br)c1. The lowest BCUT2D eigenvalue weighted by molar-refractivity contribution is -0.118. The first kappa shape index (κ1) is 22.3. The van der Waals surface area contributed by atoms with Crippen LogP contribution in [0.1, 0.15) is 11.1 Å². The van der Waals surface area contributed by atoms with Crippen LogP contribution in [0.2, 0.25) is 5.02 Å². The van der Waals surface area contributed by atoms with Crippen LogP contribution in [0.25, 0.3) is 0 Å². The minimum absolute atomic E-state index is 0.204. The van der Waals surface area contributed by atoms with E-state index in [4.69, 9.17) is 16.3 Å². The lowest BCUT2D eigenvalue weighted by atomic mass is 10.2. The van der Waals surface area contributed by atoms with Crippen LogP contribution in [0.15, 0.2) is 81.2 Å². The number of carbonyl (C=O) groups is 1. The Kier molecular flexibility index (Phi) is 8.30. The summed E-state index contributed by atoms with van der Waals surface area (Å²) in [6.45, 7) is 0.327. The van der Waals surface area contributed by atoms with E-state index in [9.17, 15) is 9.18 Å². The highest BCUT2D eigenvalue weighted by atomic mass is 79.9. The van der Waals surface area contributed by atoms with Crippen molar-refractivity contribution in [1.29, 1.82) is 0 Å². The predicted octanol–water partition coefficient (Wildman–Crippen LogP) is 6.06. The molecule has 30 heavy (non-hydrogen) atoms. The average Bonchev–Trinajstić information content (AvgIpc) is 2.74. The first-order valence-corrected chi connectivity index (χ1v) is 11.0. The normalized spacial score (nSPS) is 10.9. The Morgan fingerprint density at radius 3 is 2.57 bits per heavy atom. The Hall–Kier alpha value is -2.35. The van der Waals surface area contributed by atoms with Crippen LogP contribution in [0.5, 0.6) is 5.75 Å². The molecule has 3 aromatic rings. The van der Waals surface area contributed by atoms with Crippen LogP contribution < -0.4 is 10.2 Å². The first-order chi connectivity index (χ1) is 14.5.